The molecule has 2 rings (SSSR count). The summed E-state index contributed by atoms with van der Waals surface area (Å²) in [6, 6.07) is 11.5. The molecule has 0 unspecified atom stereocenters. The van der Waals surface area contributed by atoms with Gasteiger partial charge in [0.2, 0.25) is 0 Å². The van der Waals surface area contributed by atoms with Gasteiger partial charge >= 0.3 is 0 Å². The maximum absolute atomic E-state index is 13.6. The van der Waals surface area contributed by atoms with E-state index in [4.69, 9.17) is 11.6 Å². The SMILES string of the molecule is O=Cc1cccc(F)c1Sc1ccccc1Cl. The fourth-order valence-electron chi connectivity index (χ4n) is 1.36. The summed E-state index contributed by atoms with van der Waals surface area (Å²) in [5.74, 6) is -0.417. The molecule has 0 aromatic heterocycles. The van der Waals surface area contributed by atoms with Gasteiger partial charge in [-0.3, -0.25) is 4.79 Å². The Labute approximate surface area is 108 Å². The lowest BCUT2D eigenvalue weighted by atomic mass is 10.2. The Morgan fingerprint density at radius 2 is 1.88 bits per heavy atom. The Hall–Kier alpha value is -1.32. The minimum atomic E-state index is -0.417. The largest absolute Gasteiger partial charge is 0.298 e. The average Bonchev–Trinajstić information content (AvgIpc) is 2.34. The first kappa shape index (κ1) is 12.1. The number of halogens is 2. The molecule has 0 atom stereocenters. The fourth-order valence-corrected chi connectivity index (χ4v) is 2.55. The Kier molecular flexibility index (Phi) is 3.82. The molecule has 17 heavy (non-hydrogen) atoms. The molecule has 0 N–H and O–H groups in total. The van der Waals surface area contributed by atoms with Gasteiger partial charge in [0.05, 0.1) is 9.92 Å². The van der Waals surface area contributed by atoms with Crippen LogP contribution in [-0.2, 0) is 0 Å². The standard InChI is InChI=1S/C13H8ClFOS/c14-10-5-1-2-7-12(10)17-13-9(8-16)4-3-6-11(13)15/h1-8H. The zero-order chi connectivity index (χ0) is 12.3. The Morgan fingerprint density at radius 1 is 1.12 bits per heavy atom. The molecule has 0 bridgehead atoms. The third kappa shape index (κ3) is 2.68. The van der Waals surface area contributed by atoms with Gasteiger partial charge in [0.1, 0.15) is 5.82 Å². The molecule has 2 aromatic carbocycles. The quantitative estimate of drug-likeness (QED) is 0.764. The normalized spacial score (nSPS) is 10.2. The number of carbonyl (C=O) groups is 1. The van der Waals surface area contributed by atoms with Crippen LogP contribution in [0.3, 0.4) is 0 Å². The van der Waals surface area contributed by atoms with Crippen LogP contribution in [0, 0.1) is 5.82 Å². The predicted octanol–water partition coefficient (Wildman–Crippen LogP) is 4.44. The van der Waals surface area contributed by atoms with E-state index in [9.17, 15) is 9.18 Å². The second kappa shape index (κ2) is 5.34. The number of carbonyl (C=O) groups excluding carboxylic acids is 1. The van der Waals surface area contributed by atoms with Crippen molar-refractivity contribution >= 4 is 29.6 Å². The summed E-state index contributed by atoms with van der Waals surface area (Å²) >= 11 is 7.14. The number of hydrogen-bond acceptors (Lipinski definition) is 2. The molecule has 0 radical (unpaired) electrons. The first-order chi connectivity index (χ1) is 8.22. The molecule has 0 saturated heterocycles. The van der Waals surface area contributed by atoms with Crippen LogP contribution in [0.1, 0.15) is 10.4 Å². The van der Waals surface area contributed by atoms with Crippen molar-refractivity contribution in [1.29, 1.82) is 0 Å². The van der Waals surface area contributed by atoms with E-state index in [0.29, 0.717) is 21.8 Å². The van der Waals surface area contributed by atoms with Gasteiger partial charge in [0, 0.05) is 10.5 Å². The minimum Gasteiger partial charge on any atom is -0.298 e. The Balaban J connectivity index is 2.43. The number of aldehydes is 1. The summed E-state index contributed by atoms with van der Waals surface area (Å²) in [7, 11) is 0. The number of hydrogen-bond donors (Lipinski definition) is 0. The maximum atomic E-state index is 13.6. The lowest BCUT2D eigenvalue weighted by molar-refractivity contribution is 0.112. The number of benzene rings is 2. The van der Waals surface area contributed by atoms with E-state index < -0.39 is 5.82 Å². The van der Waals surface area contributed by atoms with Crippen LogP contribution in [0.5, 0.6) is 0 Å². The van der Waals surface area contributed by atoms with Gasteiger partial charge in [-0.25, -0.2) is 4.39 Å². The van der Waals surface area contributed by atoms with E-state index in [1.165, 1.54) is 12.1 Å². The van der Waals surface area contributed by atoms with Crippen LogP contribution < -0.4 is 0 Å². The van der Waals surface area contributed by atoms with E-state index in [-0.39, 0.29) is 0 Å². The Bertz CT molecular complexity index is 557. The third-order valence-corrected chi connectivity index (χ3v) is 3.83. The van der Waals surface area contributed by atoms with Crippen molar-refractivity contribution in [1.82, 2.24) is 0 Å². The molecule has 0 heterocycles. The summed E-state index contributed by atoms with van der Waals surface area (Å²) in [5, 5.41) is 0.539. The summed E-state index contributed by atoms with van der Waals surface area (Å²) in [6.07, 6.45) is 0.641. The van der Waals surface area contributed by atoms with Crippen molar-refractivity contribution in [3.05, 3.63) is 58.9 Å². The summed E-state index contributed by atoms with van der Waals surface area (Å²) in [5.41, 5.74) is 0.329. The van der Waals surface area contributed by atoms with Gasteiger partial charge in [0.25, 0.3) is 0 Å². The highest BCUT2D eigenvalue weighted by Crippen LogP contribution is 2.35. The highest BCUT2D eigenvalue weighted by molar-refractivity contribution is 7.99. The molecule has 2 aromatic rings. The van der Waals surface area contributed by atoms with Gasteiger partial charge in [-0.15, -0.1) is 0 Å². The molecule has 86 valence electrons. The van der Waals surface area contributed by atoms with Crippen LogP contribution in [-0.4, -0.2) is 6.29 Å². The van der Waals surface area contributed by atoms with Gasteiger partial charge in [-0.1, -0.05) is 47.6 Å². The van der Waals surface area contributed by atoms with Gasteiger partial charge in [-0.05, 0) is 18.2 Å². The highest BCUT2D eigenvalue weighted by Gasteiger charge is 2.11. The molecular weight excluding hydrogens is 259 g/mol. The summed E-state index contributed by atoms with van der Waals surface area (Å²) in [6.45, 7) is 0. The lowest BCUT2D eigenvalue weighted by Crippen LogP contribution is -1.89. The summed E-state index contributed by atoms with van der Waals surface area (Å²) < 4.78 is 13.6. The van der Waals surface area contributed by atoms with Gasteiger partial charge < -0.3 is 0 Å². The number of rotatable bonds is 3. The van der Waals surface area contributed by atoms with E-state index >= 15 is 0 Å². The van der Waals surface area contributed by atoms with Crippen LogP contribution in [0.4, 0.5) is 4.39 Å². The zero-order valence-corrected chi connectivity index (χ0v) is 10.3. The van der Waals surface area contributed by atoms with Crippen molar-refractivity contribution in [3.8, 4) is 0 Å². The zero-order valence-electron chi connectivity index (χ0n) is 8.69. The lowest BCUT2D eigenvalue weighted by Gasteiger charge is -2.07. The average molecular weight is 267 g/mol. The molecule has 0 aliphatic rings. The van der Waals surface area contributed by atoms with Gasteiger partial charge in [0.15, 0.2) is 6.29 Å². The fraction of sp³-hybridized carbons (Fsp3) is 0. The van der Waals surface area contributed by atoms with Crippen molar-refractivity contribution in [2.45, 2.75) is 9.79 Å². The van der Waals surface area contributed by atoms with Crippen LogP contribution >= 0.6 is 23.4 Å². The monoisotopic (exact) mass is 266 g/mol. The minimum absolute atomic E-state index is 0.301. The second-order valence-corrected chi connectivity index (χ2v) is 4.77. The molecule has 0 fully saturated rings. The van der Waals surface area contributed by atoms with Crippen molar-refractivity contribution in [3.63, 3.8) is 0 Å². The van der Waals surface area contributed by atoms with Crippen molar-refractivity contribution in [2.24, 2.45) is 0 Å². The summed E-state index contributed by atoms with van der Waals surface area (Å²) in [4.78, 5) is 11.9. The van der Waals surface area contributed by atoms with E-state index in [2.05, 4.69) is 0 Å². The van der Waals surface area contributed by atoms with Crippen molar-refractivity contribution in [2.75, 3.05) is 0 Å². The van der Waals surface area contributed by atoms with Crippen LogP contribution in [0.2, 0.25) is 5.02 Å². The molecular formula is C13H8ClFOS. The second-order valence-electron chi connectivity index (χ2n) is 3.31. The molecule has 1 nitrogen and oxygen atoms in total. The molecule has 4 heteroatoms. The molecule has 0 amide bonds. The molecule has 0 aliphatic carbocycles. The maximum Gasteiger partial charge on any atom is 0.151 e. The van der Waals surface area contributed by atoms with E-state index in [1.54, 1.807) is 24.3 Å². The van der Waals surface area contributed by atoms with E-state index in [0.717, 1.165) is 16.7 Å². The topological polar surface area (TPSA) is 17.1 Å². The first-order valence-corrected chi connectivity index (χ1v) is 6.08. The van der Waals surface area contributed by atoms with Gasteiger partial charge in [-0.2, -0.15) is 0 Å². The van der Waals surface area contributed by atoms with Crippen LogP contribution in [0.25, 0.3) is 0 Å². The Morgan fingerprint density at radius 3 is 2.59 bits per heavy atom. The smallest absolute Gasteiger partial charge is 0.151 e. The van der Waals surface area contributed by atoms with Crippen LogP contribution in [0.15, 0.2) is 52.3 Å². The molecule has 0 saturated carbocycles. The molecule has 0 spiro atoms. The van der Waals surface area contributed by atoms with E-state index in [1.807, 2.05) is 6.07 Å². The molecule has 0 aliphatic heterocycles. The predicted molar refractivity (Wildman–Crippen MR) is 67.4 cm³/mol. The van der Waals surface area contributed by atoms with Crippen molar-refractivity contribution < 1.29 is 9.18 Å². The first-order valence-electron chi connectivity index (χ1n) is 4.88. The third-order valence-electron chi connectivity index (χ3n) is 2.17. The highest BCUT2D eigenvalue weighted by atomic mass is 35.5.